The monoisotopic (exact) mass is 917 g/mol. The number of carboxylic acids is 2. The number of ether oxygens (including phenoxy) is 1. The molecule has 0 amide bonds. The molecule has 16 heteroatoms. The van der Waals surface area contributed by atoms with E-state index in [1.54, 1.807) is 35.0 Å². The lowest BCUT2D eigenvalue weighted by molar-refractivity contribution is 0.0601. The Balaban J connectivity index is 0.000000241. The van der Waals surface area contributed by atoms with E-state index in [0.717, 1.165) is 61.3 Å². The number of benzene rings is 4. The molecular formula is C39H31Br2F2NO9S2. The third-order valence-electron chi connectivity index (χ3n) is 7.30. The summed E-state index contributed by atoms with van der Waals surface area (Å²) in [5.74, 6) is -5.54. The number of carbonyl (C=O) groups excluding carboxylic acids is 2. The maximum atomic E-state index is 13.4. The minimum atomic E-state index is -1.35. The van der Waals surface area contributed by atoms with Gasteiger partial charge in [-0.25, -0.2) is 23.2 Å². The number of hydrogen-bond acceptors (Lipinski definition) is 10. The van der Waals surface area contributed by atoms with Crippen molar-refractivity contribution >= 4 is 83.9 Å². The number of carbonyl (C=O) groups is 4. The van der Waals surface area contributed by atoms with Crippen LogP contribution in [0.15, 0.2) is 105 Å². The summed E-state index contributed by atoms with van der Waals surface area (Å²) in [5, 5.41) is 40.0. The van der Waals surface area contributed by atoms with Crippen LogP contribution in [-0.2, 0) is 11.2 Å². The molecule has 0 aliphatic rings. The van der Waals surface area contributed by atoms with Crippen LogP contribution in [0.2, 0.25) is 0 Å². The summed E-state index contributed by atoms with van der Waals surface area (Å²) in [6.45, 7) is 0. The van der Waals surface area contributed by atoms with Crippen LogP contribution in [0.3, 0.4) is 0 Å². The number of nitrogens with two attached hydrogens (primary N) is 1. The zero-order chi connectivity index (χ0) is 39.7. The van der Waals surface area contributed by atoms with Crippen LogP contribution >= 0.6 is 54.5 Å². The van der Waals surface area contributed by atoms with E-state index >= 15 is 0 Å². The molecule has 0 spiro atoms. The van der Waals surface area contributed by atoms with E-state index in [1.807, 2.05) is 24.3 Å². The van der Waals surface area contributed by atoms with Crippen LogP contribution in [0.5, 0.6) is 11.5 Å². The van der Waals surface area contributed by atoms with Crippen LogP contribution in [0.1, 0.15) is 54.4 Å². The molecule has 0 saturated carbocycles. The second kappa shape index (κ2) is 19.8. The fourth-order valence-corrected chi connectivity index (χ4v) is 7.30. The highest BCUT2D eigenvalue weighted by Crippen LogP contribution is 2.36. The number of rotatable bonds is 8. The van der Waals surface area contributed by atoms with Gasteiger partial charge in [0.25, 0.3) is 0 Å². The predicted molar refractivity (Wildman–Crippen MR) is 215 cm³/mol. The van der Waals surface area contributed by atoms with Crippen molar-refractivity contribution in [2.24, 2.45) is 0 Å². The molecule has 0 unspecified atom stereocenters. The fourth-order valence-electron chi connectivity index (χ4n) is 4.75. The number of carboxylic acid groups (broad SMARTS) is 2. The number of methoxy groups -OCH3 is 1. The minimum absolute atomic E-state index is 0. The van der Waals surface area contributed by atoms with Crippen molar-refractivity contribution in [3.63, 3.8) is 0 Å². The van der Waals surface area contributed by atoms with Gasteiger partial charge in [0, 0.05) is 25.6 Å². The summed E-state index contributed by atoms with van der Waals surface area (Å²) >= 11 is 9.36. The summed E-state index contributed by atoms with van der Waals surface area (Å²) in [5.41, 5.74) is 8.14. The standard InChI is InChI=1S/C19H12BrFO4S.C12H10BrNO2S.C7H5FO3.CH4/c20-12-3-1-10(2-4-12)18-17(19(24)25)11(9-26-18)7-16(23)14-8-13(21)5-6-15(14)22;1-16-12(15)10-9(14)6-17-11(10)7-2-4-8(13)5-3-7;8-4-1-2-6(9)5(3-4)7(10)11;/h1-6,8-9,22H,7H2,(H,24,25);2-6H,14H2,1H3;1-3,9H,(H,10,11);1H4. The number of thiophene rings is 2. The zero-order valence-corrected chi connectivity index (χ0v) is 32.5. The van der Waals surface area contributed by atoms with Crippen molar-refractivity contribution in [1.29, 1.82) is 0 Å². The fraction of sp³-hybridized carbons (Fsp3) is 0.0769. The Bertz CT molecular complexity index is 2330. The van der Waals surface area contributed by atoms with E-state index in [0.29, 0.717) is 21.7 Å². The van der Waals surface area contributed by atoms with Crippen molar-refractivity contribution in [2.45, 2.75) is 13.8 Å². The van der Waals surface area contributed by atoms with Crippen LogP contribution < -0.4 is 5.73 Å². The van der Waals surface area contributed by atoms with E-state index < -0.39 is 46.6 Å². The highest BCUT2D eigenvalue weighted by molar-refractivity contribution is 9.10. The normalized spacial score (nSPS) is 10.1. The topological polar surface area (TPSA) is 184 Å². The lowest BCUT2D eigenvalue weighted by Gasteiger charge is -2.06. The summed E-state index contributed by atoms with van der Waals surface area (Å²) in [7, 11) is 1.35. The second-order valence-electron chi connectivity index (χ2n) is 10.9. The molecule has 0 fully saturated rings. The largest absolute Gasteiger partial charge is 0.507 e. The van der Waals surface area contributed by atoms with E-state index in [-0.39, 0.29) is 30.7 Å². The van der Waals surface area contributed by atoms with Crippen molar-refractivity contribution in [2.75, 3.05) is 12.8 Å². The molecule has 0 aliphatic carbocycles. The lowest BCUT2D eigenvalue weighted by atomic mass is 9.99. The molecule has 0 radical (unpaired) electrons. The van der Waals surface area contributed by atoms with Crippen molar-refractivity contribution in [1.82, 2.24) is 0 Å². The quantitative estimate of drug-likeness (QED) is 0.0727. The Kier molecular flexibility index (Phi) is 15.8. The number of hydrogen-bond donors (Lipinski definition) is 5. The van der Waals surface area contributed by atoms with Crippen LogP contribution in [0.25, 0.3) is 20.9 Å². The molecule has 286 valence electrons. The number of ketones is 1. The van der Waals surface area contributed by atoms with Gasteiger partial charge in [0.05, 0.1) is 28.8 Å². The van der Waals surface area contributed by atoms with Gasteiger partial charge >= 0.3 is 17.9 Å². The van der Waals surface area contributed by atoms with Gasteiger partial charge < -0.3 is 30.9 Å². The molecule has 0 atom stereocenters. The molecule has 0 bridgehead atoms. The third-order valence-corrected chi connectivity index (χ3v) is 10.5. The number of aromatic hydroxyl groups is 2. The lowest BCUT2D eigenvalue weighted by Crippen LogP contribution is -2.08. The number of halogens is 4. The predicted octanol–water partition coefficient (Wildman–Crippen LogP) is 10.6. The summed E-state index contributed by atoms with van der Waals surface area (Å²) in [6, 6.07) is 20.7. The number of phenols is 2. The number of phenolic OH excluding ortho intramolecular Hbond substituents is 1. The average molecular weight is 920 g/mol. The molecule has 6 aromatic rings. The van der Waals surface area contributed by atoms with Crippen molar-refractivity contribution in [3.05, 3.63) is 144 Å². The molecule has 0 aliphatic heterocycles. The van der Waals surface area contributed by atoms with Gasteiger partial charge in [-0.05, 0) is 82.7 Å². The molecular weight excluding hydrogens is 888 g/mol. The van der Waals surface area contributed by atoms with Gasteiger partial charge in [0.1, 0.15) is 34.3 Å². The molecule has 6 rings (SSSR count). The molecule has 2 aromatic heterocycles. The summed E-state index contributed by atoms with van der Waals surface area (Å²) in [6.07, 6.45) is -0.244. The maximum absolute atomic E-state index is 13.4. The van der Waals surface area contributed by atoms with Gasteiger partial charge in [-0.15, -0.1) is 22.7 Å². The first-order valence-corrected chi connectivity index (χ1v) is 18.5. The van der Waals surface area contributed by atoms with E-state index in [4.69, 9.17) is 20.7 Å². The second-order valence-corrected chi connectivity index (χ2v) is 14.5. The number of aromatic carboxylic acids is 2. The first kappa shape index (κ1) is 44.0. The Morgan fingerprint density at radius 1 is 0.691 bits per heavy atom. The zero-order valence-electron chi connectivity index (χ0n) is 27.7. The molecule has 6 N–H and O–H groups in total. The molecule has 0 saturated heterocycles. The van der Waals surface area contributed by atoms with Crippen molar-refractivity contribution < 1.29 is 53.1 Å². The van der Waals surface area contributed by atoms with Gasteiger partial charge in [0.15, 0.2) is 5.78 Å². The number of esters is 1. The van der Waals surface area contributed by atoms with Gasteiger partial charge in [-0.2, -0.15) is 0 Å². The molecule has 2 heterocycles. The highest BCUT2D eigenvalue weighted by atomic mass is 79.9. The van der Waals surface area contributed by atoms with E-state index in [9.17, 15) is 38.2 Å². The van der Waals surface area contributed by atoms with Crippen LogP contribution in [-0.4, -0.2) is 51.2 Å². The number of nitrogen functional groups attached to an aromatic ring is 1. The Labute approximate surface area is 338 Å². The summed E-state index contributed by atoms with van der Waals surface area (Å²) < 4.78 is 32.3. The Hall–Kier alpha value is -5.42. The SMILES string of the molecule is C.COC(=O)c1c(N)csc1-c1ccc(Br)cc1.O=C(Cc1csc(-c2ccc(Br)cc2)c1C(=O)O)c1cc(F)ccc1O.O=C(O)c1cc(F)ccc1O. The smallest absolute Gasteiger partial charge is 0.341 e. The minimum Gasteiger partial charge on any atom is -0.507 e. The molecule has 55 heavy (non-hydrogen) atoms. The molecule has 4 aromatic carbocycles. The number of Topliss-reactive ketones (excluding diaryl/α,β-unsaturated/α-hetero) is 1. The third kappa shape index (κ3) is 11.3. The maximum Gasteiger partial charge on any atom is 0.341 e. The highest BCUT2D eigenvalue weighted by Gasteiger charge is 2.23. The van der Waals surface area contributed by atoms with Crippen LogP contribution in [0, 0.1) is 11.6 Å². The van der Waals surface area contributed by atoms with E-state index in [1.165, 1.54) is 29.8 Å². The Morgan fingerprint density at radius 3 is 1.60 bits per heavy atom. The summed E-state index contributed by atoms with van der Waals surface area (Å²) in [4.78, 5) is 47.5. The van der Waals surface area contributed by atoms with Gasteiger partial charge in [-0.1, -0.05) is 63.6 Å². The first-order chi connectivity index (χ1) is 25.6. The van der Waals surface area contributed by atoms with E-state index in [2.05, 4.69) is 31.9 Å². The molecule has 10 nitrogen and oxygen atoms in total. The van der Waals surface area contributed by atoms with Gasteiger partial charge in [-0.3, -0.25) is 4.79 Å². The van der Waals surface area contributed by atoms with Crippen molar-refractivity contribution in [3.8, 4) is 32.4 Å². The van der Waals surface area contributed by atoms with Crippen LogP contribution in [0.4, 0.5) is 14.5 Å². The number of anilines is 1. The average Bonchev–Trinajstić information content (AvgIpc) is 3.74. The first-order valence-electron chi connectivity index (χ1n) is 15.2. The Morgan fingerprint density at radius 2 is 1.15 bits per heavy atom. The van der Waals surface area contributed by atoms with Gasteiger partial charge in [0.2, 0.25) is 0 Å².